The summed E-state index contributed by atoms with van der Waals surface area (Å²) in [6, 6.07) is 7.57. The zero-order chi connectivity index (χ0) is 22.3. The van der Waals surface area contributed by atoms with Gasteiger partial charge in [-0.2, -0.15) is 5.26 Å². The predicted octanol–water partition coefficient (Wildman–Crippen LogP) is 1.00. The summed E-state index contributed by atoms with van der Waals surface area (Å²) in [4.78, 5) is 13.0. The van der Waals surface area contributed by atoms with Gasteiger partial charge in [0, 0.05) is 38.4 Å². The number of piperidine rings is 1. The average Bonchev–Trinajstić information content (AvgIpc) is 3.48. The molecule has 4 rings (SSSR count). The molecule has 3 aliphatic rings. The van der Waals surface area contributed by atoms with Crippen LogP contribution in [0.2, 0.25) is 0 Å². The van der Waals surface area contributed by atoms with Crippen LogP contribution in [-0.2, 0) is 14.8 Å². The highest BCUT2D eigenvalue weighted by Gasteiger charge is 2.51. The lowest BCUT2D eigenvalue weighted by atomic mass is 9.90. The van der Waals surface area contributed by atoms with E-state index in [-0.39, 0.29) is 35.0 Å². The van der Waals surface area contributed by atoms with E-state index in [2.05, 4.69) is 27.1 Å². The number of hydrogen-bond acceptors (Lipinski definition) is 7. The van der Waals surface area contributed by atoms with E-state index in [0.717, 1.165) is 24.9 Å². The fraction of sp³-hybridized carbons (Fsp3) is 0.619. The van der Waals surface area contributed by atoms with E-state index < -0.39 is 10.0 Å². The summed E-state index contributed by atoms with van der Waals surface area (Å²) in [7, 11) is -0.499. The first-order valence-corrected chi connectivity index (χ1v) is 12.2. The number of benzene rings is 1. The molecule has 3 N–H and O–H groups in total. The van der Waals surface area contributed by atoms with Crippen LogP contribution in [0.4, 0.5) is 5.69 Å². The Morgan fingerprint density at radius 3 is 2.68 bits per heavy atom. The van der Waals surface area contributed by atoms with Crippen LogP contribution in [0.1, 0.15) is 31.2 Å². The molecule has 1 aromatic carbocycles. The number of rotatable bonds is 7. The molecule has 10 heteroatoms. The Bertz CT molecular complexity index is 1000. The molecule has 2 heterocycles. The van der Waals surface area contributed by atoms with Crippen LogP contribution in [0.3, 0.4) is 0 Å². The van der Waals surface area contributed by atoms with Crippen LogP contribution in [-0.4, -0.2) is 62.5 Å². The lowest BCUT2D eigenvalue weighted by Gasteiger charge is -2.34. The lowest BCUT2D eigenvalue weighted by molar-refractivity contribution is -0.128. The first kappa shape index (κ1) is 22.0. The summed E-state index contributed by atoms with van der Waals surface area (Å²) < 4.78 is 26.2. The zero-order valence-electron chi connectivity index (χ0n) is 18.1. The highest BCUT2D eigenvalue weighted by atomic mass is 32.2. The van der Waals surface area contributed by atoms with Crippen LogP contribution in [0.15, 0.2) is 23.1 Å². The van der Waals surface area contributed by atoms with Crippen molar-refractivity contribution in [3.05, 3.63) is 23.8 Å². The maximum Gasteiger partial charge on any atom is 0.242 e. The normalized spacial score (nSPS) is 27.5. The molecular weight excluding hydrogens is 416 g/mol. The minimum absolute atomic E-state index is 0.00113. The summed E-state index contributed by atoms with van der Waals surface area (Å²) in [6.07, 6.45) is 3.17. The topological polar surface area (TPSA) is 118 Å². The first-order valence-electron chi connectivity index (χ1n) is 10.7. The molecule has 2 saturated heterocycles. The fourth-order valence-corrected chi connectivity index (χ4v) is 5.87. The number of nitriles is 1. The van der Waals surface area contributed by atoms with Crippen molar-refractivity contribution in [2.45, 2.75) is 55.8 Å². The molecule has 1 aliphatic carbocycles. The molecule has 1 amide bonds. The third kappa shape index (κ3) is 4.15. The Labute approximate surface area is 183 Å². The van der Waals surface area contributed by atoms with E-state index in [1.165, 1.54) is 18.4 Å². The second kappa shape index (κ2) is 8.39. The number of nitrogens with zero attached hydrogens (tertiary/aromatic N) is 3. The Morgan fingerprint density at radius 2 is 2.06 bits per heavy atom. The van der Waals surface area contributed by atoms with E-state index in [4.69, 9.17) is 0 Å². The summed E-state index contributed by atoms with van der Waals surface area (Å²) in [5, 5.41) is 17.8. The van der Waals surface area contributed by atoms with Crippen molar-refractivity contribution in [2.24, 2.45) is 11.8 Å². The third-order valence-corrected chi connectivity index (χ3v) is 8.52. The molecule has 1 saturated carbocycles. The summed E-state index contributed by atoms with van der Waals surface area (Å²) >= 11 is 0. The number of carbonyl (C=O) groups is 1. The lowest BCUT2D eigenvalue weighted by Crippen LogP contribution is -2.52. The fourth-order valence-electron chi connectivity index (χ4n) is 4.77. The molecule has 3 fully saturated rings. The minimum atomic E-state index is -3.52. The van der Waals surface area contributed by atoms with Gasteiger partial charge in [-0.15, -0.1) is 0 Å². The Hall–Kier alpha value is -2.19. The van der Waals surface area contributed by atoms with Crippen LogP contribution < -0.4 is 16.1 Å². The zero-order valence-corrected chi connectivity index (χ0v) is 18.9. The van der Waals surface area contributed by atoms with Crippen molar-refractivity contribution in [3.8, 4) is 6.07 Å². The largest absolute Gasteiger partial charge is 0.368 e. The number of hydrogen-bond donors (Lipinski definition) is 3. The summed E-state index contributed by atoms with van der Waals surface area (Å²) in [5.41, 5.74) is 4.87. The quantitative estimate of drug-likeness (QED) is 0.572. The maximum absolute atomic E-state index is 12.7. The molecule has 3 unspecified atom stereocenters. The molecule has 0 aromatic heterocycles. The molecular formula is C21H30N6O3S. The number of amides is 1. The van der Waals surface area contributed by atoms with E-state index >= 15 is 0 Å². The van der Waals surface area contributed by atoms with Crippen molar-refractivity contribution in [1.29, 1.82) is 5.26 Å². The number of fused-ring (bicyclic) bond motifs is 1. The Morgan fingerprint density at radius 1 is 1.32 bits per heavy atom. The Balaban J connectivity index is 1.58. The van der Waals surface area contributed by atoms with Crippen molar-refractivity contribution < 1.29 is 13.2 Å². The third-order valence-electron chi connectivity index (χ3n) is 6.54. The number of aryl methyl sites for hydroxylation is 1. The van der Waals surface area contributed by atoms with Crippen molar-refractivity contribution in [2.75, 3.05) is 26.0 Å². The van der Waals surface area contributed by atoms with E-state index in [0.29, 0.717) is 24.4 Å². The van der Waals surface area contributed by atoms with Gasteiger partial charge in [0.05, 0.1) is 23.3 Å². The molecule has 4 atom stereocenters. The molecule has 0 spiro atoms. The molecule has 1 aromatic rings. The van der Waals surface area contributed by atoms with Gasteiger partial charge in [-0.25, -0.2) is 23.2 Å². The predicted molar refractivity (Wildman–Crippen MR) is 116 cm³/mol. The van der Waals surface area contributed by atoms with Gasteiger partial charge in [-0.05, 0) is 55.9 Å². The van der Waals surface area contributed by atoms with Gasteiger partial charge in [0.15, 0.2) is 0 Å². The van der Waals surface area contributed by atoms with E-state index in [1.807, 2.05) is 0 Å². The molecule has 9 nitrogen and oxygen atoms in total. The van der Waals surface area contributed by atoms with Crippen LogP contribution in [0.25, 0.3) is 0 Å². The molecule has 2 aliphatic heterocycles. The van der Waals surface area contributed by atoms with Crippen LogP contribution in [0, 0.1) is 30.1 Å². The number of nitrogens with one attached hydrogen (secondary N) is 3. The van der Waals surface area contributed by atoms with Gasteiger partial charge in [0.1, 0.15) is 6.17 Å². The number of carbonyl (C=O) groups excluding carboxylic acids is 1. The first-order chi connectivity index (χ1) is 14.7. The monoisotopic (exact) mass is 446 g/mol. The van der Waals surface area contributed by atoms with Gasteiger partial charge in [0.25, 0.3) is 0 Å². The van der Waals surface area contributed by atoms with Crippen LogP contribution in [0.5, 0.6) is 0 Å². The Kier molecular flexibility index (Phi) is 5.96. The van der Waals surface area contributed by atoms with E-state index in [9.17, 15) is 18.5 Å². The molecule has 0 bridgehead atoms. The smallest absolute Gasteiger partial charge is 0.242 e. The van der Waals surface area contributed by atoms with Crippen molar-refractivity contribution >= 4 is 21.6 Å². The van der Waals surface area contributed by atoms with Gasteiger partial charge < -0.3 is 10.6 Å². The highest BCUT2D eigenvalue weighted by Crippen LogP contribution is 2.41. The van der Waals surface area contributed by atoms with Gasteiger partial charge in [-0.1, -0.05) is 0 Å². The number of anilines is 1. The molecule has 0 radical (unpaired) electrons. The van der Waals surface area contributed by atoms with Crippen molar-refractivity contribution in [3.63, 3.8) is 0 Å². The summed E-state index contributed by atoms with van der Waals surface area (Å²) in [5.74, 6) is 0.201. The van der Waals surface area contributed by atoms with Gasteiger partial charge in [-0.3, -0.25) is 4.79 Å². The number of sulfonamides is 1. The maximum atomic E-state index is 12.7. The van der Waals surface area contributed by atoms with Crippen molar-refractivity contribution in [1.82, 2.24) is 20.1 Å². The molecule has 168 valence electrons. The van der Waals surface area contributed by atoms with Gasteiger partial charge in [0.2, 0.25) is 15.9 Å². The SMILES string of the molecule is Cc1cc(NC2NN([C@@H](CC#N)C3CC3)C3CCNC(=O)C23)ccc1S(=O)(=O)N(C)C. The second-order valence-electron chi connectivity index (χ2n) is 8.87. The highest BCUT2D eigenvalue weighted by molar-refractivity contribution is 7.89. The number of hydrazine groups is 1. The molecule has 31 heavy (non-hydrogen) atoms. The minimum Gasteiger partial charge on any atom is -0.368 e. The average molecular weight is 447 g/mol. The standard InChI is InChI=1S/C21H30N6O3S/c1-13-12-15(6-7-18(13)31(29,30)26(2)3)24-20-19-17(9-11-23-21(19)28)27(25-20)16(8-10-22)14-4-5-14/h6-7,12,14,16-17,19-20,24-25H,4-5,8-9,11H2,1-3H3,(H,23,28)/t16-,17?,19?,20?/m0/s1. The summed E-state index contributed by atoms with van der Waals surface area (Å²) in [6.45, 7) is 2.40. The second-order valence-corrected chi connectivity index (χ2v) is 11.0. The van der Waals surface area contributed by atoms with Crippen LogP contribution >= 0.6 is 0 Å². The van der Waals surface area contributed by atoms with Gasteiger partial charge >= 0.3 is 0 Å². The van der Waals surface area contributed by atoms with E-state index in [1.54, 1.807) is 25.1 Å².